The number of para-hydroxylation sites is 2. The van der Waals surface area contributed by atoms with Crippen molar-refractivity contribution in [1.29, 1.82) is 0 Å². The predicted molar refractivity (Wildman–Crippen MR) is 89.5 cm³/mol. The van der Waals surface area contributed by atoms with Gasteiger partial charge in [0.2, 0.25) is 0 Å². The number of benzene rings is 1. The maximum absolute atomic E-state index is 11.9. The molecule has 0 amide bonds. The Balaban J connectivity index is 1.53. The van der Waals surface area contributed by atoms with Crippen LogP contribution < -0.4 is 11.1 Å². The summed E-state index contributed by atoms with van der Waals surface area (Å²) in [6, 6.07) is 10.0. The topological polar surface area (TPSA) is 65.0 Å². The van der Waals surface area contributed by atoms with E-state index >= 15 is 0 Å². The van der Waals surface area contributed by atoms with Gasteiger partial charge in [-0.3, -0.25) is 9.25 Å². The molecule has 0 aliphatic heterocycles. The number of fused-ring (bicyclic) bond motifs is 1. The highest BCUT2D eigenvalue weighted by molar-refractivity contribution is 5.72. The number of nitrogens with zero attached hydrogens (tertiary/aromatic N) is 3. The summed E-state index contributed by atoms with van der Waals surface area (Å²) in [4.78, 5) is 11.9. The first-order valence-corrected chi connectivity index (χ1v) is 7.97. The monoisotopic (exact) mass is 314 g/mol. The van der Waals surface area contributed by atoms with Gasteiger partial charge < -0.3 is 9.73 Å². The summed E-state index contributed by atoms with van der Waals surface area (Å²) in [6.45, 7) is 5.76. The molecule has 0 fully saturated rings. The van der Waals surface area contributed by atoms with Crippen LogP contribution in [-0.2, 0) is 6.54 Å². The van der Waals surface area contributed by atoms with Crippen LogP contribution >= 0.6 is 0 Å². The molecule has 2 aromatic heterocycles. The van der Waals surface area contributed by atoms with Crippen LogP contribution in [0.5, 0.6) is 0 Å². The van der Waals surface area contributed by atoms with Gasteiger partial charge in [-0.1, -0.05) is 12.1 Å². The van der Waals surface area contributed by atoms with Crippen LogP contribution in [0, 0.1) is 0 Å². The fourth-order valence-corrected chi connectivity index (χ4v) is 2.71. The highest BCUT2D eigenvalue weighted by Crippen LogP contribution is 2.12. The molecule has 1 N–H and O–H groups in total. The zero-order valence-electron chi connectivity index (χ0n) is 13.5. The number of oxazole rings is 1. The van der Waals surface area contributed by atoms with E-state index in [1.54, 1.807) is 10.8 Å². The first-order chi connectivity index (χ1) is 11.2. The van der Waals surface area contributed by atoms with Gasteiger partial charge in [-0.15, -0.1) is 0 Å². The van der Waals surface area contributed by atoms with Crippen LogP contribution in [0.1, 0.15) is 26.3 Å². The largest absolute Gasteiger partial charge is 0.419 e. The standard InChI is InChI=1S/C17H22N4O2/c1-13(14(2)21-12-6-10-19-21)18-9-5-11-20-15-7-3-4-8-16(15)23-17(20)22/h3-4,6-8,10,12-14,18H,5,9,11H2,1-2H3. The van der Waals surface area contributed by atoms with Crippen molar-refractivity contribution in [3.63, 3.8) is 0 Å². The van der Waals surface area contributed by atoms with Crippen molar-refractivity contribution in [2.75, 3.05) is 6.54 Å². The zero-order valence-corrected chi connectivity index (χ0v) is 13.5. The third-order valence-electron chi connectivity index (χ3n) is 4.26. The van der Waals surface area contributed by atoms with Gasteiger partial charge in [0.15, 0.2) is 5.58 Å². The first-order valence-electron chi connectivity index (χ1n) is 7.97. The maximum Gasteiger partial charge on any atom is 0.419 e. The second-order valence-electron chi connectivity index (χ2n) is 5.81. The zero-order chi connectivity index (χ0) is 16.2. The lowest BCUT2D eigenvalue weighted by Crippen LogP contribution is -2.35. The number of hydrogen-bond acceptors (Lipinski definition) is 4. The van der Waals surface area contributed by atoms with E-state index in [1.165, 1.54) is 0 Å². The molecule has 6 heteroatoms. The van der Waals surface area contributed by atoms with E-state index in [1.807, 2.05) is 41.2 Å². The lowest BCUT2D eigenvalue weighted by atomic mass is 10.1. The average molecular weight is 314 g/mol. The van der Waals surface area contributed by atoms with Crippen molar-refractivity contribution in [2.45, 2.75) is 38.9 Å². The summed E-state index contributed by atoms with van der Waals surface area (Å²) >= 11 is 0. The van der Waals surface area contributed by atoms with E-state index < -0.39 is 0 Å². The van der Waals surface area contributed by atoms with Gasteiger partial charge in [0.1, 0.15) is 0 Å². The second kappa shape index (κ2) is 6.83. The summed E-state index contributed by atoms with van der Waals surface area (Å²) in [5, 5.41) is 7.76. The third kappa shape index (κ3) is 3.37. The van der Waals surface area contributed by atoms with Crippen LogP contribution in [-0.4, -0.2) is 26.9 Å². The lowest BCUT2D eigenvalue weighted by molar-refractivity contribution is 0.361. The Kier molecular flexibility index (Phi) is 4.62. The Bertz CT molecular complexity index is 803. The molecule has 1 aromatic carbocycles. The lowest BCUT2D eigenvalue weighted by Gasteiger charge is -2.21. The summed E-state index contributed by atoms with van der Waals surface area (Å²) in [6.07, 6.45) is 4.62. The highest BCUT2D eigenvalue weighted by atomic mass is 16.4. The minimum absolute atomic E-state index is 0.280. The van der Waals surface area contributed by atoms with Crippen molar-refractivity contribution < 1.29 is 4.42 Å². The van der Waals surface area contributed by atoms with E-state index in [4.69, 9.17) is 4.42 Å². The molecule has 3 aromatic rings. The molecule has 0 aliphatic carbocycles. The van der Waals surface area contributed by atoms with Crippen molar-refractivity contribution in [1.82, 2.24) is 19.7 Å². The number of hydrogen-bond donors (Lipinski definition) is 1. The summed E-state index contributed by atoms with van der Waals surface area (Å²) < 4.78 is 8.88. The van der Waals surface area contributed by atoms with E-state index in [2.05, 4.69) is 24.3 Å². The van der Waals surface area contributed by atoms with E-state index in [0.29, 0.717) is 18.2 Å². The van der Waals surface area contributed by atoms with Gasteiger partial charge in [0.25, 0.3) is 0 Å². The number of aromatic nitrogens is 3. The predicted octanol–water partition coefficient (Wildman–Crippen LogP) is 2.42. The van der Waals surface area contributed by atoms with Gasteiger partial charge in [-0.25, -0.2) is 4.79 Å². The second-order valence-corrected chi connectivity index (χ2v) is 5.81. The molecular formula is C17H22N4O2. The quantitative estimate of drug-likeness (QED) is 0.680. The smallest absolute Gasteiger partial charge is 0.408 e. The molecule has 0 aliphatic rings. The molecule has 122 valence electrons. The van der Waals surface area contributed by atoms with Crippen LogP contribution in [0.2, 0.25) is 0 Å². The van der Waals surface area contributed by atoms with Gasteiger partial charge >= 0.3 is 5.76 Å². The van der Waals surface area contributed by atoms with Gasteiger partial charge in [0.05, 0.1) is 11.6 Å². The average Bonchev–Trinajstić information content (AvgIpc) is 3.18. The molecule has 6 nitrogen and oxygen atoms in total. The van der Waals surface area contributed by atoms with E-state index in [0.717, 1.165) is 18.5 Å². The van der Waals surface area contributed by atoms with Gasteiger partial charge in [0, 0.05) is 25.0 Å². The van der Waals surface area contributed by atoms with Gasteiger partial charge in [-0.2, -0.15) is 5.10 Å². The molecule has 2 atom stereocenters. The summed E-state index contributed by atoms with van der Waals surface area (Å²) in [7, 11) is 0. The van der Waals surface area contributed by atoms with Crippen LogP contribution in [0.15, 0.2) is 51.9 Å². The fourth-order valence-electron chi connectivity index (χ4n) is 2.71. The third-order valence-corrected chi connectivity index (χ3v) is 4.26. The van der Waals surface area contributed by atoms with Crippen molar-refractivity contribution in [3.8, 4) is 0 Å². The summed E-state index contributed by atoms with van der Waals surface area (Å²) in [5.74, 6) is -0.288. The molecule has 0 spiro atoms. The SMILES string of the molecule is CC(NCCCn1c(=O)oc2ccccc21)C(C)n1cccn1. The Morgan fingerprint density at radius 2 is 2.09 bits per heavy atom. The molecule has 23 heavy (non-hydrogen) atoms. The van der Waals surface area contributed by atoms with Gasteiger partial charge in [-0.05, 0) is 45.0 Å². The van der Waals surface area contributed by atoms with E-state index in [9.17, 15) is 4.79 Å². The number of nitrogens with one attached hydrogen (secondary N) is 1. The summed E-state index contributed by atoms with van der Waals surface area (Å²) in [5.41, 5.74) is 1.50. The van der Waals surface area contributed by atoms with Crippen LogP contribution in [0.4, 0.5) is 0 Å². The Morgan fingerprint density at radius 3 is 2.87 bits per heavy atom. The molecule has 2 unspecified atom stereocenters. The molecule has 0 radical (unpaired) electrons. The minimum Gasteiger partial charge on any atom is -0.408 e. The molecule has 0 saturated heterocycles. The first kappa shape index (κ1) is 15.6. The maximum atomic E-state index is 11.9. The minimum atomic E-state index is -0.288. The van der Waals surface area contributed by atoms with Crippen molar-refractivity contribution in [3.05, 3.63) is 53.3 Å². The Hall–Kier alpha value is -2.34. The van der Waals surface area contributed by atoms with E-state index in [-0.39, 0.29) is 11.8 Å². The normalized spacial score (nSPS) is 14.2. The molecule has 3 rings (SSSR count). The molecular weight excluding hydrogens is 292 g/mol. The molecule has 0 bridgehead atoms. The molecule has 0 saturated carbocycles. The van der Waals surface area contributed by atoms with Crippen LogP contribution in [0.25, 0.3) is 11.1 Å². The Labute approximate surface area is 134 Å². The van der Waals surface area contributed by atoms with Crippen molar-refractivity contribution in [2.24, 2.45) is 0 Å². The number of aryl methyl sites for hydroxylation is 1. The fraction of sp³-hybridized carbons (Fsp3) is 0.412. The van der Waals surface area contributed by atoms with Crippen LogP contribution in [0.3, 0.4) is 0 Å². The van der Waals surface area contributed by atoms with Crippen molar-refractivity contribution >= 4 is 11.1 Å². The Morgan fingerprint density at radius 1 is 1.26 bits per heavy atom. The number of rotatable bonds is 7. The molecule has 2 heterocycles. The highest BCUT2D eigenvalue weighted by Gasteiger charge is 2.13.